The Morgan fingerprint density at radius 3 is 2.21 bits per heavy atom. The fraction of sp³-hybridized carbons (Fsp3) is 0. The van der Waals surface area contributed by atoms with Gasteiger partial charge < -0.3 is 4.74 Å². The third kappa shape index (κ3) is 3.26. The predicted octanol–water partition coefficient (Wildman–Crippen LogP) is 5.96. The van der Waals surface area contributed by atoms with E-state index >= 15 is 0 Å². The Kier molecular flexibility index (Phi) is 4.44. The summed E-state index contributed by atoms with van der Waals surface area (Å²) in [6.07, 6.45) is 0. The Balaban J connectivity index is 2.42. The van der Waals surface area contributed by atoms with Crippen LogP contribution >= 0.6 is 46.4 Å². The highest BCUT2D eigenvalue weighted by Gasteiger charge is 2.11. The maximum absolute atomic E-state index is 9.02. The van der Waals surface area contributed by atoms with Crippen molar-refractivity contribution in [2.75, 3.05) is 0 Å². The molecule has 0 amide bonds. The zero-order valence-corrected chi connectivity index (χ0v) is 12.3. The Labute approximate surface area is 130 Å². The van der Waals surface area contributed by atoms with Gasteiger partial charge in [0.15, 0.2) is 0 Å². The van der Waals surface area contributed by atoms with Crippen molar-refractivity contribution in [2.45, 2.75) is 0 Å². The van der Waals surface area contributed by atoms with Gasteiger partial charge in [-0.15, -0.1) is 0 Å². The summed E-state index contributed by atoms with van der Waals surface area (Å²) < 4.78 is 5.57. The summed E-state index contributed by atoms with van der Waals surface area (Å²) in [4.78, 5) is 0. The van der Waals surface area contributed by atoms with Crippen LogP contribution in [0.5, 0.6) is 11.5 Å². The quantitative estimate of drug-likeness (QED) is 0.635. The van der Waals surface area contributed by atoms with Crippen molar-refractivity contribution in [3.8, 4) is 17.6 Å². The SMILES string of the molecule is N#Cc1cc(Cl)ccc1Oc1cc(Cl)c(Cl)cc1Cl. The molecule has 0 N–H and O–H groups in total. The highest BCUT2D eigenvalue weighted by atomic mass is 35.5. The molecule has 2 aromatic carbocycles. The van der Waals surface area contributed by atoms with Crippen molar-refractivity contribution in [1.29, 1.82) is 5.26 Å². The maximum Gasteiger partial charge on any atom is 0.147 e. The minimum atomic E-state index is 0.299. The van der Waals surface area contributed by atoms with E-state index in [2.05, 4.69) is 0 Å². The third-order valence-electron chi connectivity index (χ3n) is 2.26. The molecule has 2 rings (SSSR count). The van der Waals surface area contributed by atoms with Crippen LogP contribution < -0.4 is 4.74 Å². The highest BCUT2D eigenvalue weighted by Crippen LogP contribution is 2.37. The molecule has 0 saturated carbocycles. The maximum atomic E-state index is 9.02. The molecule has 0 aromatic heterocycles. The normalized spacial score (nSPS) is 10.1. The minimum Gasteiger partial charge on any atom is -0.454 e. The summed E-state index contributed by atoms with van der Waals surface area (Å²) in [5, 5.41) is 10.4. The minimum absolute atomic E-state index is 0.299. The van der Waals surface area contributed by atoms with Gasteiger partial charge in [-0.3, -0.25) is 0 Å². The number of benzene rings is 2. The van der Waals surface area contributed by atoms with Gasteiger partial charge in [0.1, 0.15) is 17.6 Å². The Morgan fingerprint density at radius 2 is 1.53 bits per heavy atom. The molecule has 0 aliphatic carbocycles. The van der Waals surface area contributed by atoms with Crippen molar-refractivity contribution in [3.63, 3.8) is 0 Å². The van der Waals surface area contributed by atoms with Crippen LogP contribution in [-0.2, 0) is 0 Å². The first kappa shape index (κ1) is 14.3. The number of rotatable bonds is 2. The fourth-order valence-electron chi connectivity index (χ4n) is 1.38. The van der Waals surface area contributed by atoms with Gasteiger partial charge in [0.05, 0.1) is 20.6 Å². The molecule has 0 fully saturated rings. The molecule has 0 unspecified atom stereocenters. The van der Waals surface area contributed by atoms with Gasteiger partial charge in [0.2, 0.25) is 0 Å². The van der Waals surface area contributed by atoms with Crippen LogP contribution in [-0.4, -0.2) is 0 Å². The molecule has 6 heteroatoms. The number of hydrogen-bond donors (Lipinski definition) is 0. The van der Waals surface area contributed by atoms with E-state index in [1.807, 2.05) is 6.07 Å². The van der Waals surface area contributed by atoms with Crippen LogP contribution in [0.2, 0.25) is 20.1 Å². The number of hydrogen-bond acceptors (Lipinski definition) is 2. The van der Waals surface area contributed by atoms with E-state index in [1.165, 1.54) is 18.2 Å². The smallest absolute Gasteiger partial charge is 0.147 e. The van der Waals surface area contributed by atoms with Crippen molar-refractivity contribution < 1.29 is 4.74 Å². The summed E-state index contributed by atoms with van der Waals surface area (Å²) in [5.41, 5.74) is 0.301. The highest BCUT2D eigenvalue weighted by molar-refractivity contribution is 6.43. The Bertz CT molecular complexity index is 679. The second-order valence-corrected chi connectivity index (χ2v) is 5.21. The van der Waals surface area contributed by atoms with Gasteiger partial charge in [-0.2, -0.15) is 5.26 Å². The first-order chi connectivity index (χ1) is 9.01. The summed E-state index contributed by atoms with van der Waals surface area (Å²) in [6.45, 7) is 0. The van der Waals surface area contributed by atoms with Crippen LogP contribution in [0.15, 0.2) is 30.3 Å². The largest absolute Gasteiger partial charge is 0.454 e. The van der Waals surface area contributed by atoms with Crippen LogP contribution in [0.25, 0.3) is 0 Å². The average Bonchev–Trinajstić information content (AvgIpc) is 2.37. The molecule has 96 valence electrons. The van der Waals surface area contributed by atoms with E-state index in [4.69, 9.17) is 56.4 Å². The molecule has 2 nitrogen and oxygen atoms in total. The summed E-state index contributed by atoms with van der Waals surface area (Å²) in [7, 11) is 0. The number of nitrogens with zero attached hydrogens (tertiary/aromatic N) is 1. The van der Waals surface area contributed by atoms with E-state index in [1.54, 1.807) is 12.1 Å². The van der Waals surface area contributed by atoms with Crippen molar-refractivity contribution in [2.24, 2.45) is 0 Å². The standard InChI is InChI=1S/C13H5Cl4NO/c14-8-1-2-12(7(3-8)6-18)19-13-5-10(16)9(15)4-11(13)17/h1-5H. The van der Waals surface area contributed by atoms with Gasteiger partial charge in [-0.25, -0.2) is 0 Å². The number of nitriles is 1. The molecule has 0 bridgehead atoms. The van der Waals surface area contributed by atoms with Crippen LogP contribution in [0.3, 0.4) is 0 Å². The van der Waals surface area contributed by atoms with E-state index in [0.29, 0.717) is 37.2 Å². The van der Waals surface area contributed by atoms with Crippen molar-refractivity contribution in [3.05, 3.63) is 56.0 Å². The summed E-state index contributed by atoms with van der Waals surface area (Å²) in [5.74, 6) is 0.655. The summed E-state index contributed by atoms with van der Waals surface area (Å²) in [6, 6.07) is 9.65. The van der Waals surface area contributed by atoms with Crippen molar-refractivity contribution >= 4 is 46.4 Å². The molecule has 0 radical (unpaired) electrons. The second kappa shape index (κ2) is 5.90. The lowest BCUT2D eigenvalue weighted by Crippen LogP contribution is -1.89. The molecule has 2 aromatic rings. The summed E-state index contributed by atoms with van der Waals surface area (Å²) >= 11 is 23.5. The molecular weight excluding hydrogens is 328 g/mol. The molecule has 0 aliphatic rings. The molecule has 19 heavy (non-hydrogen) atoms. The Morgan fingerprint density at radius 1 is 0.842 bits per heavy atom. The predicted molar refractivity (Wildman–Crippen MR) is 77.7 cm³/mol. The zero-order valence-electron chi connectivity index (χ0n) is 9.25. The molecule has 0 saturated heterocycles. The van der Waals surface area contributed by atoms with E-state index in [0.717, 1.165) is 0 Å². The molecule has 0 aliphatic heterocycles. The lowest BCUT2D eigenvalue weighted by atomic mass is 10.2. The van der Waals surface area contributed by atoms with E-state index in [9.17, 15) is 0 Å². The van der Waals surface area contributed by atoms with Gasteiger partial charge in [-0.05, 0) is 24.3 Å². The molecule has 0 atom stereocenters. The Hall–Kier alpha value is -1.11. The first-order valence-electron chi connectivity index (χ1n) is 5.03. The van der Waals surface area contributed by atoms with Crippen LogP contribution in [0, 0.1) is 11.3 Å². The van der Waals surface area contributed by atoms with Crippen LogP contribution in [0.1, 0.15) is 5.56 Å². The van der Waals surface area contributed by atoms with Gasteiger partial charge >= 0.3 is 0 Å². The van der Waals surface area contributed by atoms with Gasteiger partial charge in [0, 0.05) is 11.1 Å². The van der Waals surface area contributed by atoms with Crippen LogP contribution in [0.4, 0.5) is 0 Å². The molecular formula is C13H5Cl4NO. The number of halogens is 4. The van der Waals surface area contributed by atoms with Gasteiger partial charge in [0.25, 0.3) is 0 Å². The van der Waals surface area contributed by atoms with Crippen molar-refractivity contribution in [1.82, 2.24) is 0 Å². The lowest BCUT2D eigenvalue weighted by molar-refractivity contribution is 0.481. The molecule has 0 heterocycles. The third-order valence-corrected chi connectivity index (χ3v) is 3.51. The lowest BCUT2D eigenvalue weighted by Gasteiger charge is -2.10. The fourth-order valence-corrected chi connectivity index (χ4v) is 2.13. The molecule has 0 spiro atoms. The zero-order chi connectivity index (χ0) is 14.0. The first-order valence-corrected chi connectivity index (χ1v) is 6.54. The second-order valence-electron chi connectivity index (χ2n) is 3.55. The topological polar surface area (TPSA) is 33.0 Å². The van der Waals surface area contributed by atoms with E-state index < -0.39 is 0 Å². The van der Waals surface area contributed by atoms with E-state index in [-0.39, 0.29) is 0 Å². The number of ether oxygens (including phenoxy) is 1. The average molecular weight is 333 g/mol. The van der Waals surface area contributed by atoms with Gasteiger partial charge in [-0.1, -0.05) is 46.4 Å². The monoisotopic (exact) mass is 331 g/mol.